The molecule has 0 unspecified atom stereocenters. The van der Waals surface area contributed by atoms with E-state index in [0.717, 1.165) is 44.1 Å². The lowest BCUT2D eigenvalue weighted by atomic mass is 9.74. The molecule has 0 atom stereocenters. The van der Waals surface area contributed by atoms with Crippen molar-refractivity contribution in [2.75, 3.05) is 0 Å². The fraction of sp³-hybridized carbons (Fsp3) is 0.588. The molecule has 1 aliphatic carbocycles. The largest absolute Gasteiger partial charge is 0.508 e. The standard InChI is InChI=1S/C17H23NO2/c18-10-6-2-1-3-7-17(8-4-5-9-17)14-11-15(19)13-16(20)12-14/h11-13,19-20H,1-9H2. The van der Waals surface area contributed by atoms with Crippen molar-refractivity contribution in [3.05, 3.63) is 23.8 Å². The van der Waals surface area contributed by atoms with E-state index in [1.54, 1.807) is 12.1 Å². The Labute approximate surface area is 120 Å². The molecule has 1 fully saturated rings. The highest BCUT2D eigenvalue weighted by Crippen LogP contribution is 2.46. The molecule has 1 aromatic carbocycles. The Morgan fingerprint density at radius 3 is 2.25 bits per heavy atom. The normalized spacial score (nSPS) is 16.9. The second kappa shape index (κ2) is 6.65. The van der Waals surface area contributed by atoms with Crippen LogP contribution in [0.4, 0.5) is 0 Å². The fourth-order valence-electron chi connectivity index (χ4n) is 3.48. The molecule has 1 aliphatic rings. The van der Waals surface area contributed by atoms with E-state index in [4.69, 9.17) is 5.26 Å². The first-order valence-corrected chi connectivity index (χ1v) is 7.57. The van der Waals surface area contributed by atoms with E-state index in [1.165, 1.54) is 18.9 Å². The topological polar surface area (TPSA) is 64.2 Å². The molecule has 3 heteroatoms. The molecule has 1 saturated carbocycles. The summed E-state index contributed by atoms with van der Waals surface area (Å²) in [4.78, 5) is 0. The number of phenols is 2. The molecule has 2 N–H and O–H groups in total. The van der Waals surface area contributed by atoms with Crippen LogP contribution in [0.1, 0.15) is 63.4 Å². The van der Waals surface area contributed by atoms with Crippen molar-refractivity contribution in [2.45, 2.75) is 63.2 Å². The van der Waals surface area contributed by atoms with Gasteiger partial charge in [-0.1, -0.05) is 25.7 Å². The molecule has 108 valence electrons. The first-order valence-electron chi connectivity index (χ1n) is 7.57. The zero-order valence-corrected chi connectivity index (χ0v) is 11.9. The van der Waals surface area contributed by atoms with Crippen LogP contribution in [0.25, 0.3) is 0 Å². The third-order valence-corrected chi connectivity index (χ3v) is 4.52. The molecule has 2 rings (SSSR count). The highest BCUT2D eigenvalue weighted by Gasteiger charge is 2.35. The van der Waals surface area contributed by atoms with Gasteiger partial charge in [-0.2, -0.15) is 5.26 Å². The van der Waals surface area contributed by atoms with E-state index in [9.17, 15) is 10.2 Å². The van der Waals surface area contributed by atoms with Crippen molar-refractivity contribution in [1.82, 2.24) is 0 Å². The summed E-state index contributed by atoms with van der Waals surface area (Å²) in [5.74, 6) is 0.298. The van der Waals surface area contributed by atoms with Crippen LogP contribution in [0.2, 0.25) is 0 Å². The van der Waals surface area contributed by atoms with Crippen LogP contribution in [0.5, 0.6) is 11.5 Å². The lowest BCUT2D eigenvalue weighted by molar-refractivity contribution is 0.377. The Morgan fingerprint density at radius 1 is 1.00 bits per heavy atom. The van der Waals surface area contributed by atoms with Gasteiger partial charge in [-0.3, -0.25) is 0 Å². The Balaban J connectivity index is 2.07. The molecular weight excluding hydrogens is 250 g/mol. The smallest absolute Gasteiger partial charge is 0.119 e. The highest BCUT2D eigenvalue weighted by molar-refractivity contribution is 5.41. The minimum Gasteiger partial charge on any atom is -0.508 e. The van der Waals surface area contributed by atoms with Crippen LogP contribution in [0.15, 0.2) is 18.2 Å². The lowest BCUT2D eigenvalue weighted by Crippen LogP contribution is -2.21. The van der Waals surface area contributed by atoms with Crippen LogP contribution in [0.3, 0.4) is 0 Å². The maximum Gasteiger partial charge on any atom is 0.119 e. The summed E-state index contributed by atoms with van der Waals surface area (Å²) < 4.78 is 0. The molecule has 0 bridgehead atoms. The molecule has 1 aromatic rings. The van der Waals surface area contributed by atoms with Crippen LogP contribution in [-0.2, 0) is 5.41 Å². The summed E-state index contributed by atoms with van der Waals surface area (Å²) in [5, 5.41) is 28.0. The van der Waals surface area contributed by atoms with Gasteiger partial charge in [-0.15, -0.1) is 0 Å². The van der Waals surface area contributed by atoms with Crippen LogP contribution in [-0.4, -0.2) is 10.2 Å². The van der Waals surface area contributed by atoms with E-state index >= 15 is 0 Å². The quantitative estimate of drug-likeness (QED) is 0.756. The SMILES string of the molecule is N#CCCCCCC1(c2cc(O)cc(O)c2)CCCC1. The van der Waals surface area contributed by atoms with Gasteiger partial charge < -0.3 is 10.2 Å². The average molecular weight is 273 g/mol. The van der Waals surface area contributed by atoms with Gasteiger partial charge in [0.2, 0.25) is 0 Å². The number of nitrogens with zero attached hydrogens (tertiary/aromatic N) is 1. The third kappa shape index (κ3) is 3.45. The maximum atomic E-state index is 9.71. The van der Waals surface area contributed by atoms with Crippen molar-refractivity contribution in [2.24, 2.45) is 0 Å². The van der Waals surface area contributed by atoms with Crippen molar-refractivity contribution in [1.29, 1.82) is 5.26 Å². The van der Waals surface area contributed by atoms with Gasteiger partial charge in [0.15, 0.2) is 0 Å². The van der Waals surface area contributed by atoms with Crippen molar-refractivity contribution in [3.8, 4) is 17.6 Å². The monoisotopic (exact) mass is 273 g/mol. The molecule has 0 amide bonds. The zero-order chi connectivity index (χ0) is 14.4. The summed E-state index contributed by atoms with van der Waals surface area (Å²) in [6.07, 6.45) is 9.59. The van der Waals surface area contributed by atoms with Gasteiger partial charge in [-0.25, -0.2) is 0 Å². The van der Waals surface area contributed by atoms with E-state index in [2.05, 4.69) is 6.07 Å². The van der Waals surface area contributed by atoms with Crippen LogP contribution in [0, 0.1) is 11.3 Å². The Hall–Kier alpha value is -1.69. The summed E-state index contributed by atoms with van der Waals surface area (Å²) >= 11 is 0. The number of benzene rings is 1. The number of unbranched alkanes of at least 4 members (excludes halogenated alkanes) is 3. The first-order chi connectivity index (χ1) is 9.66. The number of nitriles is 1. The summed E-state index contributed by atoms with van der Waals surface area (Å²) in [5.41, 5.74) is 1.19. The Kier molecular flexibility index (Phi) is 4.89. The molecule has 0 saturated heterocycles. The average Bonchev–Trinajstić information content (AvgIpc) is 2.87. The second-order valence-electron chi connectivity index (χ2n) is 5.94. The molecule has 0 radical (unpaired) electrons. The van der Waals surface area contributed by atoms with Gasteiger partial charge in [0, 0.05) is 12.5 Å². The lowest BCUT2D eigenvalue weighted by Gasteiger charge is -2.30. The van der Waals surface area contributed by atoms with Gasteiger partial charge in [0.1, 0.15) is 11.5 Å². The second-order valence-corrected chi connectivity index (χ2v) is 5.94. The minimum absolute atomic E-state index is 0.114. The van der Waals surface area contributed by atoms with E-state index < -0.39 is 0 Å². The van der Waals surface area contributed by atoms with Crippen molar-refractivity contribution >= 4 is 0 Å². The molecule has 3 nitrogen and oxygen atoms in total. The maximum absolute atomic E-state index is 9.71. The van der Waals surface area contributed by atoms with Gasteiger partial charge in [0.25, 0.3) is 0 Å². The van der Waals surface area contributed by atoms with E-state index in [-0.39, 0.29) is 16.9 Å². The predicted molar refractivity (Wildman–Crippen MR) is 78.6 cm³/mol. The van der Waals surface area contributed by atoms with Gasteiger partial charge in [0.05, 0.1) is 6.07 Å². The summed E-state index contributed by atoms with van der Waals surface area (Å²) in [6, 6.07) is 7.19. The van der Waals surface area contributed by atoms with Gasteiger partial charge in [-0.05, 0) is 48.8 Å². The third-order valence-electron chi connectivity index (χ3n) is 4.52. The Morgan fingerprint density at radius 2 is 1.65 bits per heavy atom. The number of phenolic OH excluding ortho intramolecular Hbond substituents is 2. The molecule has 0 aromatic heterocycles. The highest BCUT2D eigenvalue weighted by atomic mass is 16.3. The molecule has 0 spiro atoms. The zero-order valence-electron chi connectivity index (χ0n) is 11.9. The van der Waals surface area contributed by atoms with Crippen LogP contribution < -0.4 is 0 Å². The fourth-order valence-corrected chi connectivity index (χ4v) is 3.48. The predicted octanol–water partition coefficient (Wildman–Crippen LogP) is 4.38. The number of rotatable bonds is 6. The van der Waals surface area contributed by atoms with Crippen molar-refractivity contribution in [3.63, 3.8) is 0 Å². The van der Waals surface area contributed by atoms with E-state index in [1.807, 2.05) is 0 Å². The first kappa shape index (κ1) is 14.7. The van der Waals surface area contributed by atoms with Gasteiger partial charge >= 0.3 is 0 Å². The Bertz CT molecular complexity index is 464. The summed E-state index contributed by atoms with van der Waals surface area (Å²) in [7, 11) is 0. The molecule has 20 heavy (non-hydrogen) atoms. The van der Waals surface area contributed by atoms with Crippen molar-refractivity contribution < 1.29 is 10.2 Å². The number of hydrogen-bond acceptors (Lipinski definition) is 3. The number of aromatic hydroxyl groups is 2. The molecule has 0 heterocycles. The van der Waals surface area contributed by atoms with Crippen LogP contribution >= 0.6 is 0 Å². The van der Waals surface area contributed by atoms with E-state index in [0.29, 0.717) is 6.42 Å². The minimum atomic E-state index is 0.114. The molecule has 0 aliphatic heterocycles. The molecular formula is C17H23NO2. The summed E-state index contributed by atoms with van der Waals surface area (Å²) in [6.45, 7) is 0. The number of hydrogen-bond donors (Lipinski definition) is 2.